The highest BCUT2D eigenvalue weighted by Crippen LogP contribution is 2.14. The highest BCUT2D eigenvalue weighted by atomic mass is 32.2. The lowest BCUT2D eigenvalue weighted by Gasteiger charge is -2.13. The van der Waals surface area contributed by atoms with Crippen LogP contribution in [0.25, 0.3) is 0 Å². The van der Waals surface area contributed by atoms with Crippen molar-refractivity contribution in [3.63, 3.8) is 0 Å². The SMILES string of the molecule is CC(C)(C)CS([O])(=O)=O. The molecule has 9 heavy (non-hydrogen) atoms. The molecule has 0 aromatic rings. The third-order valence-corrected chi connectivity index (χ3v) is 1.83. The summed E-state index contributed by atoms with van der Waals surface area (Å²) in [5, 5.41) is 0. The molecule has 0 atom stereocenters. The van der Waals surface area contributed by atoms with Crippen molar-refractivity contribution in [2.45, 2.75) is 20.8 Å². The van der Waals surface area contributed by atoms with Gasteiger partial charge in [-0.2, -0.15) is 8.42 Å². The van der Waals surface area contributed by atoms with Crippen molar-refractivity contribution in [1.29, 1.82) is 0 Å². The Morgan fingerprint density at radius 1 is 1.22 bits per heavy atom. The van der Waals surface area contributed by atoms with Gasteiger partial charge in [0.2, 0.25) is 0 Å². The molecule has 0 bridgehead atoms. The molecule has 0 amide bonds. The summed E-state index contributed by atoms with van der Waals surface area (Å²) < 4.78 is 30.3. The normalized spacial score (nSPS) is 13.8. The van der Waals surface area contributed by atoms with Crippen molar-refractivity contribution in [2.75, 3.05) is 5.75 Å². The summed E-state index contributed by atoms with van der Waals surface area (Å²) in [6.45, 7) is 5.13. The lowest BCUT2D eigenvalue weighted by molar-refractivity contribution is 0.382. The molecule has 0 aromatic carbocycles. The van der Waals surface area contributed by atoms with Gasteiger partial charge in [-0.25, -0.2) is 0 Å². The van der Waals surface area contributed by atoms with Crippen LogP contribution >= 0.6 is 0 Å². The average molecular weight is 151 g/mol. The Kier molecular flexibility index (Phi) is 2.24. The van der Waals surface area contributed by atoms with Gasteiger partial charge in [0, 0.05) is 0 Å². The van der Waals surface area contributed by atoms with E-state index in [0.29, 0.717) is 0 Å². The van der Waals surface area contributed by atoms with Crippen LogP contribution < -0.4 is 0 Å². The summed E-state index contributed by atoms with van der Waals surface area (Å²) in [5.41, 5.74) is -0.416. The fourth-order valence-corrected chi connectivity index (χ4v) is 1.59. The molecule has 0 saturated heterocycles. The lowest BCUT2D eigenvalue weighted by atomic mass is 10.0. The molecule has 0 saturated carbocycles. The second kappa shape index (κ2) is 2.27. The summed E-state index contributed by atoms with van der Waals surface area (Å²) in [4.78, 5) is 0. The molecule has 3 nitrogen and oxygen atoms in total. The van der Waals surface area contributed by atoms with Gasteiger partial charge in [0.1, 0.15) is 0 Å². The maximum absolute atomic E-state index is 10.1. The first-order valence-electron chi connectivity index (χ1n) is 2.64. The van der Waals surface area contributed by atoms with Crippen molar-refractivity contribution < 1.29 is 13.0 Å². The van der Waals surface area contributed by atoms with Crippen LogP contribution in [0.1, 0.15) is 20.8 Å². The molecule has 0 N–H and O–H groups in total. The summed E-state index contributed by atoms with van der Waals surface area (Å²) in [7, 11) is -4.03. The van der Waals surface area contributed by atoms with Gasteiger partial charge >= 0.3 is 0 Å². The second-order valence-corrected chi connectivity index (χ2v) is 4.67. The van der Waals surface area contributed by atoms with Crippen LogP contribution in [0.4, 0.5) is 0 Å². The Balaban J connectivity index is 4.07. The molecule has 0 spiro atoms. The molecule has 0 aliphatic heterocycles. The third-order valence-electron chi connectivity index (χ3n) is 0.610. The van der Waals surface area contributed by atoms with Gasteiger partial charge in [-0.1, -0.05) is 25.3 Å². The van der Waals surface area contributed by atoms with E-state index in [1.807, 2.05) is 0 Å². The Morgan fingerprint density at radius 3 is 1.56 bits per heavy atom. The second-order valence-electron chi connectivity index (χ2n) is 3.26. The minimum Gasteiger partial charge on any atom is -0.197 e. The topological polar surface area (TPSA) is 54.0 Å². The lowest BCUT2D eigenvalue weighted by Crippen LogP contribution is -2.18. The summed E-state index contributed by atoms with van der Waals surface area (Å²) >= 11 is 0. The monoisotopic (exact) mass is 151 g/mol. The molecule has 0 unspecified atom stereocenters. The van der Waals surface area contributed by atoms with E-state index >= 15 is 0 Å². The van der Waals surface area contributed by atoms with Crippen LogP contribution in [0.15, 0.2) is 0 Å². The van der Waals surface area contributed by atoms with E-state index in [9.17, 15) is 13.0 Å². The van der Waals surface area contributed by atoms with Gasteiger partial charge < -0.3 is 0 Å². The molecule has 0 aliphatic carbocycles. The fraction of sp³-hybridized carbons (Fsp3) is 1.00. The standard InChI is InChI=1S/C5H11O3S/c1-5(2,3)4-9(6,7)8/h4H2,1-3H3. The zero-order valence-corrected chi connectivity index (χ0v) is 6.66. The third kappa shape index (κ3) is 7.91. The van der Waals surface area contributed by atoms with Gasteiger partial charge in [0.25, 0.3) is 10.1 Å². The maximum Gasteiger partial charge on any atom is 0.295 e. The van der Waals surface area contributed by atoms with Crippen molar-refractivity contribution in [3.8, 4) is 0 Å². The van der Waals surface area contributed by atoms with Gasteiger partial charge in [0.15, 0.2) is 0 Å². The van der Waals surface area contributed by atoms with E-state index in [4.69, 9.17) is 0 Å². The number of hydrogen-bond acceptors (Lipinski definition) is 2. The fourth-order valence-electron chi connectivity index (χ4n) is 0.530. The van der Waals surface area contributed by atoms with E-state index in [0.717, 1.165) is 0 Å². The maximum atomic E-state index is 10.1. The molecule has 0 rings (SSSR count). The van der Waals surface area contributed by atoms with Gasteiger partial charge in [0.05, 0.1) is 5.75 Å². The summed E-state index contributed by atoms with van der Waals surface area (Å²) in [5.74, 6) is -0.292. The summed E-state index contributed by atoms with van der Waals surface area (Å²) in [6, 6.07) is 0. The van der Waals surface area contributed by atoms with Crippen LogP contribution in [0.3, 0.4) is 0 Å². The van der Waals surface area contributed by atoms with Gasteiger partial charge in [-0.15, -0.1) is 0 Å². The van der Waals surface area contributed by atoms with Gasteiger partial charge in [-0.3, -0.25) is 0 Å². The molecule has 4 heteroatoms. The first-order valence-corrected chi connectivity index (χ1v) is 4.22. The van der Waals surface area contributed by atoms with E-state index in [1.54, 1.807) is 20.8 Å². The van der Waals surface area contributed by atoms with E-state index in [1.165, 1.54) is 0 Å². The zero-order valence-electron chi connectivity index (χ0n) is 5.84. The van der Waals surface area contributed by atoms with Crippen molar-refractivity contribution in [2.24, 2.45) is 5.41 Å². The molecular weight excluding hydrogens is 140 g/mol. The molecular formula is C5H11O3S. The highest BCUT2D eigenvalue weighted by Gasteiger charge is 2.19. The van der Waals surface area contributed by atoms with E-state index in [-0.39, 0.29) is 5.75 Å². The molecule has 0 heterocycles. The molecule has 0 aliphatic rings. The minimum absolute atomic E-state index is 0.292. The predicted octanol–water partition coefficient (Wildman–Crippen LogP) is 0.793. The van der Waals surface area contributed by atoms with E-state index in [2.05, 4.69) is 0 Å². The van der Waals surface area contributed by atoms with Crippen molar-refractivity contribution >= 4 is 10.1 Å². The quantitative estimate of drug-likeness (QED) is 0.556. The van der Waals surface area contributed by atoms with Crippen LogP contribution in [-0.2, 0) is 14.7 Å². The summed E-state index contributed by atoms with van der Waals surface area (Å²) in [6.07, 6.45) is 0. The molecule has 1 radical (unpaired) electrons. The number of rotatable bonds is 1. The van der Waals surface area contributed by atoms with Crippen LogP contribution in [0.2, 0.25) is 0 Å². The van der Waals surface area contributed by atoms with Crippen LogP contribution in [0.5, 0.6) is 0 Å². The number of hydrogen-bond donors (Lipinski definition) is 0. The first-order chi connectivity index (χ1) is 3.71. The van der Waals surface area contributed by atoms with Crippen molar-refractivity contribution in [1.82, 2.24) is 0 Å². The Morgan fingerprint density at radius 2 is 1.56 bits per heavy atom. The smallest absolute Gasteiger partial charge is 0.197 e. The Hall–Kier alpha value is -0.0900. The minimum atomic E-state index is -4.03. The zero-order chi connectivity index (χ0) is 7.71. The van der Waals surface area contributed by atoms with Gasteiger partial charge in [-0.05, 0) is 5.41 Å². The van der Waals surface area contributed by atoms with E-state index < -0.39 is 15.5 Å². The molecule has 0 fully saturated rings. The van der Waals surface area contributed by atoms with Crippen LogP contribution in [-0.4, -0.2) is 14.2 Å². The highest BCUT2D eigenvalue weighted by molar-refractivity contribution is 7.85. The predicted molar refractivity (Wildman–Crippen MR) is 33.9 cm³/mol. The van der Waals surface area contributed by atoms with Crippen LogP contribution in [0, 0.1) is 5.41 Å². The first kappa shape index (κ1) is 8.91. The Labute approximate surface area is 55.8 Å². The largest absolute Gasteiger partial charge is 0.295 e. The average Bonchev–Trinajstić information content (AvgIpc) is 1.14. The molecule has 55 valence electrons. The van der Waals surface area contributed by atoms with Crippen molar-refractivity contribution in [3.05, 3.63) is 0 Å². The molecule has 0 aromatic heterocycles. The Bertz CT molecular complexity index is 173.